The molecule has 0 unspecified atom stereocenters. The fourth-order valence-corrected chi connectivity index (χ4v) is 2.56. The number of unbranched alkanes of at least 4 members (excludes halogenated alkanes) is 6. The highest BCUT2D eigenvalue weighted by Crippen LogP contribution is 2.29. The Balaban J connectivity index is 3.40. The summed E-state index contributed by atoms with van der Waals surface area (Å²) in [5.41, 5.74) is 0.529. The quantitative estimate of drug-likeness (QED) is 0.400. The lowest BCUT2D eigenvalue weighted by molar-refractivity contribution is 0.286. The van der Waals surface area contributed by atoms with E-state index in [2.05, 4.69) is 39.1 Å². The average Bonchev–Trinajstić information content (AvgIpc) is 2.37. The zero-order valence-electron chi connectivity index (χ0n) is 13.9. The second kappa shape index (κ2) is 12.6. The normalized spacial score (nSPS) is 12.2. The van der Waals surface area contributed by atoms with Gasteiger partial charge in [-0.1, -0.05) is 71.8 Å². The van der Waals surface area contributed by atoms with E-state index in [1.165, 1.54) is 64.2 Å². The van der Waals surface area contributed by atoms with Gasteiger partial charge in [0.15, 0.2) is 0 Å². The number of allylic oxidation sites excluding steroid dienone is 1. The van der Waals surface area contributed by atoms with E-state index in [0.29, 0.717) is 5.41 Å². The zero-order chi connectivity index (χ0) is 14.4. The third kappa shape index (κ3) is 13.8. The van der Waals surface area contributed by atoms with Crippen LogP contribution in [0.4, 0.5) is 0 Å². The van der Waals surface area contributed by atoms with E-state index in [4.69, 9.17) is 0 Å². The van der Waals surface area contributed by atoms with Crippen molar-refractivity contribution < 1.29 is 0 Å². The molecule has 19 heavy (non-hydrogen) atoms. The van der Waals surface area contributed by atoms with Crippen molar-refractivity contribution in [3.05, 3.63) is 12.3 Å². The third-order valence-corrected chi connectivity index (χ3v) is 3.92. The maximum absolute atomic E-state index is 3.32. The summed E-state index contributed by atoms with van der Waals surface area (Å²) in [6, 6.07) is 0. The molecule has 0 atom stereocenters. The molecule has 0 aliphatic heterocycles. The molecular formula is C18H37N. The Labute approximate surface area is 122 Å². The summed E-state index contributed by atoms with van der Waals surface area (Å²) in [7, 11) is 0. The molecule has 0 amide bonds. The van der Waals surface area contributed by atoms with Crippen LogP contribution in [0.2, 0.25) is 0 Å². The van der Waals surface area contributed by atoms with E-state index in [1.807, 2.05) is 6.20 Å². The first-order valence-electron chi connectivity index (χ1n) is 8.47. The molecule has 0 aromatic carbocycles. The van der Waals surface area contributed by atoms with Crippen molar-refractivity contribution in [1.82, 2.24) is 5.32 Å². The molecule has 0 saturated heterocycles. The minimum absolute atomic E-state index is 0.529. The van der Waals surface area contributed by atoms with Gasteiger partial charge in [0.2, 0.25) is 0 Å². The molecule has 1 heteroatoms. The van der Waals surface area contributed by atoms with Crippen LogP contribution in [0.1, 0.15) is 91.9 Å². The molecule has 0 aromatic rings. The van der Waals surface area contributed by atoms with Crippen LogP contribution in [0.25, 0.3) is 0 Å². The lowest BCUT2D eigenvalue weighted by Crippen LogP contribution is -2.15. The van der Waals surface area contributed by atoms with Crippen molar-refractivity contribution in [1.29, 1.82) is 0 Å². The molecular weight excluding hydrogens is 230 g/mol. The lowest BCUT2D eigenvalue weighted by atomic mass is 9.82. The standard InChI is InChI=1S/C18H37N/c1-5-7-8-9-10-11-12-14-18(3,4)15-13-17-19-16-6-2/h6,16,19H,5,7-15,17H2,1-4H3. The SMILES string of the molecule is CC=CNCCCC(C)(C)CCCCCCCCC. The lowest BCUT2D eigenvalue weighted by Gasteiger charge is -2.24. The Hall–Kier alpha value is -0.460. The largest absolute Gasteiger partial charge is 0.391 e. The summed E-state index contributed by atoms with van der Waals surface area (Å²) >= 11 is 0. The van der Waals surface area contributed by atoms with Gasteiger partial charge in [0.25, 0.3) is 0 Å². The highest BCUT2D eigenvalue weighted by Gasteiger charge is 2.16. The number of hydrogen-bond donors (Lipinski definition) is 1. The molecule has 0 saturated carbocycles. The van der Waals surface area contributed by atoms with Crippen LogP contribution in [0.3, 0.4) is 0 Å². The number of rotatable bonds is 13. The van der Waals surface area contributed by atoms with Crippen LogP contribution in [-0.4, -0.2) is 6.54 Å². The molecule has 0 aliphatic rings. The number of hydrogen-bond acceptors (Lipinski definition) is 1. The Bertz CT molecular complexity index is 206. The Morgan fingerprint density at radius 1 is 0.842 bits per heavy atom. The second-order valence-electron chi connectivity index (χ2n) is 6.59. The van der Waals surface area contributed by atoms with Crippen LogP contribution in [0, 0.1) is 5.41 Å². The van der Waals surface area contributed by atoms with E-state index in [0.717, 1.165) is 6.54 Å². The van der Waals surface area contributed by atoms with Gasteiger partial charge in [-0.05, 0) is 37.8 Å². The maximum Gasteiger partial charge on any atom is 0.0141 e. The molecule has 0 bridgehead atoms. The van der Waals surface area contributed by atoms with Gasteiger partial charge in [-0.3, -0.25) is 0 Å². The topological polar surface area (TPSA) is 12.0 Å². The molecule has 0 fully saturated rings. The van der Waals surface area contributed by atoms with Crippen LogP contribution < -0.4 is 5.32 Å². The zero-order valence-corrected chi connectivity index (χ0v) is 13.9. The van der Waals surface area contributed by atoms with E-state index >= 15 is 0 Å². The summed E-state index contributed by atoms with van der Waals surface area (Å²) < 4.78 is 0. The summed E-state index contributed by atoms with van der Waals surface area (Å²) in [5.74, 6) is 0. The summed E-state index contributed by atoms with van der Waals surface area (Å²) in [6.07, 6.45) is 18.1. The van der Waals surface area contributed by atoms with Crippen molar-refractivity contribution >= 4 is 0 Å². The van der Waals surface area contributed by atoms with E-state index < -0.39 is 0 Å². The van der Waals surface area contributed by atoms with Crippen LogP contribution in [0.15, 0.2) is 12.3 Å². The molecule has 0 aliphatic carbocycles. The molecule has 0 aromatic heterocycles. The molecule has 114 valence electrons. The Morgan fingerprint density at radius 3 is 2.05 bits per heavy atom. The maximum atomic E-state index is 3.32. The van der Waals surface area contributed by atoms with Crippen LogP contribution in [0.5, 0.6) is 0 Å². The van der Waals surface area contributed by atoms with Crippen molar-refractivity contribution in [2.45, 2.75) is 91.9 Å². The minimum atomic E-state index is 0.529. The first-order valence-corrected chi connectivity index (χ1v) is 8.47. The van der Waals surface area contributed by atoms with Gasteiger partial charge in [-0.2, -0.15) is 0 Å². The van der Waals surface area contributed by atoms with Crippen molar-refractivity contribution in [2.24, 2.45) is 5.41 Å². The van der Waals surface area contributed by atoms with Crippen LogP contribution in [-0.2, 0) is 0 Å². The third-order valence-electron chi connectivity index (χ3n) is 3.92. The van der Waals surface area contributed by atoms with Gasteiger partial charge in [0, 0.05) is 6.54 Å². The van der Waals surface area contributed by atoms with Crippen LogP contribution >= 0.6 is 0 Å². The van der Waals surface area contributed by atoms with Crippen molar-refractivity contribution in [2.75, 3.05) is 6.54 Å². The minimum Gasteiger partial charge on any atom is -0.391 e. The summed E-state index contributed by atoms with van der Waals surface area (Å²) in [6.45, 7) is 10.3. The van der Waals surface area contributed by atoms with Gasteiger partial charge in [0.1, 0.15) is 0 Å². The van der Waals surface area contributed by atoms with Gasteiger partial charge in [0.05, 0.1) is 0 Å². The molecule has 0 spiro atoms. The highest BCUT2D eigenvalue weighted by atomic mass is 14.8. The molecule has 0 radical (unpaired) electrons. The smallest absolute Gasteiger partial charge is 0.0141 e. The van der Waals surface area contributed by atoms with Gasteiger partial charge >= 0.3 is 0 Å². The second-order valence-corrected chi connectivity index (χ2v) is 6.59. The summed E-state index contributed by atoms with van der Waals surface area (Å²) in [5, 5.41) is 3.32. The molecule has 0 heterocycles. The Kier molecular flexibility index (Phi) is 12.3. The first-order chi connectivity index (χ1) is 9.12. The van der Waals surface area contributed by atoms with E-state index in [-0.39, 0.29) is 0 Å². The van der Waals surface area contributed by atoms with Gasteiger partial charge < -0.3 is 5.32 Å². The molecule has 0 rings (SSSR count). The van der Waals surface area contributed by atoms with Gasteiger partial charge in [-0.15, -0.1) is 0 Å². The highest BCUT2D eigenvalue weighted by molar-refractivity contribution is 4.75. The Morgan fingerprint density at radius 2 is 1.42 bits per heavy atom. The average molecular weight is 268 g/mol. The summed E-state index contributed by atoms with van der Waals surface area (Å²) in [4.78, 5) is 0. The fraction of sp³-hybridized carbons (Fsp3) is 0.889. The van der Waals surface area contributed by atoms with Crippen molar-refractivity contribution in [3.63, 3.8) is 0 Å². The van der Waals surface area contributed by atoms with Gasteiger partial charge in [-0.25, -0.2) is 0 Å². The fourth-order valence-electron chi connectivity index (χ4n) is 2.56. The molecule has 1 N–H and O–H groups in total. The van der Waals surface area contributed by atoms with E-state index in [9.17, 15) is 0 Å². The van der Waals surface area contributed by atoms with Crippen molar-refractivity contribution in [3.8, 4) is 0 Å². The predicted molar refractivity (Wildman–Crippen MR) is 88.4 cm³/mol. The first kappa shape index (κ1) is 18.5. The monoisotopic (exact) mass is 267 g/mol. The predicted octanol–water partition coefficient (Wildman–Crippen LogP) is 6.06. The van der Waals surface area contributed by atoms with E-state index in [1.54, 1.807) is 0 Å². The number of nitrogens with one attached hydrogen (secondary N) is 1. The molecule has 1 nitrogen and oxygen atoms in total.